The van der Waals surface area contributed by atoms with Crippen LogP contribution >= 0.6 is 0 Å². The summed E-state index contributed by atoms with van der Waals surface area (Å²) < 4.78 is 5.91. The number of nitrogens with zero attached hydrogens (tertiary/aromatic N) is 1. The van der Waals surface area contributed by atoms with E-state index in [1.54, 1.807) is 0 Å². The van der Waals surface area contributed by atoms with Gasteiger partial charge in [-0.25, -0.2) is 0 Å². The second-order valence-corrected chi connectivity index (χ2v) is 8.56. The molecule has 2 aromatic carbocycles. The third-order valence-electron chi connectivity index (χ3n) is 6.34. The summed E-state index contributed by atoms with van der Waals surface area (Å²) >= 11 is 0. The first-order chi connectivity index (χ1) is 13.8. The highest BCUT2D eigenvalue weighted by Crippen LogP contribution is 2.29. The van der Waals surface area contributed by atoms with Crippen molar-refractivity contribution in [3.63, 3.8) is 0 Å². The molecule has 1 heterocycles. The number of hydrogen-bond acceptors (Lipinski definition) is 3. The van der Waals surface area contributed by atoms with Gasteiger partial charge in [0.1, 0.15) is 18.5 Å². The lowest BCUT2D eigenvalue weighted by Crippen LogP contribution is -2.38. The summed E-state index contributed by atoms with van der Waals surface area (Å²) in [5, 5.41) is 10.5. The number of benzene rings is 2. The fourth-order valence-electron chi connectivity index (χ4n) is 4.71. The highest BCUT2D eigenvalue weighted by atomic mass is 16.5. The molecule has 0 unspecified atom stereocenters. The lowest BCUT2D eigenvalue weighted by Gasteiger charge is -2.30. The molecule has 0 saturated heterocycles. The normalized spacial score (nSPS) is 18.8. The molecule has 2 aliphatic rings. The van der Waals surface area contributed by atoms with E-state index < -0.39 is 6.10 Å². The Morgan fingerprint density at radius 1 is 1.04 bits per heavy atom. The summed E-state index contributed by atoms with van der Waals surface area (Å²) in [6.07, 6.45) is 8.66. The zero-order chi connectivity index (χ0) is 19.2. The van der Waals surface area contributed by atoms with Crippen molar-refractivity contribution >= 4 is 0 Å². The van der Waals surface area contributed by atoms with Gasteiger partial charge in [0.05, 0.1) is 0 Å². The van der Waals surface area contributed by atoms with Gasteiger partial charge >= 0.3 is 0 Å². The van der Waals surface area contributed by atoms with E-state index in [1.807, 2.05) is 6.07 Å². The fourth-order valence-corrected chi connectivity index (χ4v) is 4.71. The maximum atomic E-state index is 10.5. The average molecular weight is 380 g/mol. The van der Waals surface area contributed by atoms with Gasteiger partial charge < -0.3 is 9.84 Å². The molecule has 1 fully saturated rings. The quantitative estimate of drug-likeness (QED) is 0.727. The lowest BCUT2D eigenvalue weighted by molar-refractivity contribution is 0.0637. The van der Waals surface area contributed by atoms with Crippen LogP contribution in [0.5, 0.6) is 5.75 Å². The first-order valence-electron chi connectivity index (χ1n) is 11.0. The molecule has 0 aromatic heterocycles. The summed E-state index contributed by atoms with van der Waals surface area (Å²) in [7, 11) is 0. The molecule has 3 nitrogen and oxygen atoms in total. The minimum absolute atomic E-state index is 0.351. The van der Waals surface area contributed by atoms with Gasteiger partial charge in [0, 0.05) is 19.6 Å². The van der Waals surface area contributed by atoms with Gasteiger partial charge in [-0.3, -0.25) is 4.90 Å². The summed E-state index contributed by atoms with van der Waals surface area (Å²) in [5.41, 5.74) is 4.18. The Bertz CT molecular complexity index is 754. The molecule has 0 bridgehead atoms. The lowest BCUT2D eigenvalue weighted by atomic mass is 9.98. The summed E-state index contributed by atoms with van der Waals surface area (Å²) in [6.45, 7) is 2.94. The molecular formula is C25H33NO2. The molecule has 150 valence electrons. The van der Waals surface area contributed by atoms with E-state index in [1.165, 1.54) is 48.8 Å². The molecular weight excluding hydrogens is 346 g/mol. The van der Waals surface area contributed by atoms with Crippen LogP contribution in [0.3, 0.4) is 0 Å². The number of fused-ring (bicyclic) bond motifs is 1. The van der Waals surface area contributed by atoms with E-state index in [0.717, 1.165) is 37.6 Å². The van der Waals surface area contributed by atoms with E-state index in [4.69, 9.17) is 4.74 Å². The number of ether oxygens (including phenoxy) is 1. The molecule has 0 amide bonds. The third-order valence-corrected chi connectivity index (χ3v) is 6.34. The van der Waals surface area contributed by atoms with E-state index in [9.17, 15) is 5.11 Å². The van der Waals surface area contributed by atoms with E-state index in [-0.39, 0.29) is 0 Å². The number of rotatable bonds is 8. The van der Waals surface area contributed by atoms with Crippen molar-refractivity contribution in [3.8, 4) is 5.75 Å². The number of aliphatic hydroxyl groups is 1. The largest absolute Gasteiger partial charge is 0.491 e. The molecule has 2 aromatic rings. The molecule has 3 heteroatoms. The van der Waals surface area contributed by atoms with Gasteiger partial charge in [-0.15, -0.1) is 0 Å². The van der Waals surface area contributed by atoms with Crippen LogP contribution in [0.25, 0.3) is 0 Å². The Morgan fingerprint density at radius 2 is 1.86 bits per heavy atom. The SMILES string of the molecule is O[C@H](COc1cccc(CCC2CCCC2)c1)CN1CCc2ccccc2C1. The monoisotopic (exact) mass is 379 g/mol. The molecule has 1 atom stereocenters. The van der Waals surface area contributed by atoms with Gasteiger partial charge in [-0.2, -0.15) is 0 Å². The number of aliphatic hydroxyl groups excluding tert-OH is 1. The van der Waals surface area contributed by atoms with Gasteiger partial charge in [0.15, 0.2) is 0 Å². The molecule has 1 N–H and O–H groups in total. The van der Waals surface area contributed by atoms with E-state index >= 15 is 0 Å². The second-order valence-electron chi connectivity index (χ2n) is 8.56. The smallest absolute Gasteiger partial charge is 0.119 e. The zero-order valence-electron chi connectivity index (χ0n) is 16.9. The minimum Gasteiger partial charge on any atom is -0.491 e. The predicted octanol–water partition coefficient (Wildman–Crippen LogP) is 4.61. The molecule has 0 radical (unpaired) electrons. The molecule has 1 aliphatic carbocycles. The van der Waals surface area contributed by atoms with Crippen molar-refractivity contribution in [1.82, 2.24) is 4.90 Å². The van der Waals surface area contributed by atoms with Crippen molar-refractivity contribution in [2.24, 2.45) is 5.92 Å². The van der Waals surface area contributed by atoms with Crippen LogP contribution in [-0.2, 0) is 19.4 Å². The number of hydrogen-bond donors (Lipinski definition) is 1. The van der Waals surface area contributed by atoms with Gasteiger partial charge in [-0.1, -0.05) is 62.1 Å². The summed E-state index contributed by atoms with van der Waals surface area (Å²) in [5.74, 6) is 1.80. The van der Waals surface area contributed by atoms with E-state index in [2.05, 4.69) is 47.4 Å². The standard InChI is InChI=1S/C25H33NO2/c27-24(18-26-15-14-22-9-3-4-10-23(22)17-26)19-28-25-11-5-8-21(16-25)13-12-20-6-1-2-7-20/h3-5,8-11,16,20,24,27H,1-2,6-7,12-15,17-19H2/t24-/m0/s1. The molecule has 1 aliphatic heterocycles. The average Bonchev–Trinajstić information content (AvgIpc) is 3.25. The molecule has 4 rings (SSSR count). The highest BCUT2D eigenvalue weighted by molar-refractivity contribution is 5.29. The third kappa shape index (κ3) is 5.36. The van der Waals surface area contributed by atoms with Crippen LogP contribution in [0.2, 0.25) is 0 Å². The fraction of sp³-hybridized carbons (Fsp3) is 0.520. The Balaban J connectivity index is 1.22. The van der Waals surface area contributed by atoms with Gasteiger partial charge in [0.25, 0.3) is 0 Å². The topological polar surface area (TPSA) is 32.7 Å². The predicted molar refractivity (Wildman–Crippen MR) is 114 cm³/mol. The molecule has 28 heavy (non-hydrogen) atoms. The van der Waals surface area contributed by atoms with Crippen molar-refractivity contribution in [2.75, 3.05) is 19.7 Å². The zero-order valence-corrected chi connectivity index (χ0v) is 16.9. The first-order valence-corrected chi connectivity index (χ1v) is 11.0. The Labute approximate surface area is 169 Å². The number of aryl methyl sites for hydroxylation is 1. The molecule has 1 saturated carbocycles. The highest BCUT2D eigenvalue weighted by Gasteiger charge is 2.19. The van der Waals surface area contributed by atoms with Crippen molar-refractivity contribution in [1.29, 1.82) is 0 Å². The van der Waals surface area contributed by atoms with Crippen LogP contribution in [0.15, 0.2) is 48.5 Å². The molecule has 0 spiro atoms. The maximum Gasteiger partial charge on any atom is 0.119 e. The van der Waals surface area contributed by atoms with Crippen LogP contribution in [0.1, 0.15) is 48.8 Å². The van der Waals surface area contributed by atoms with Crippen LogP contribution < -0.4 is 4.74 Å². The minimum atomic E-state index is -0.465. The van der Waals surface area contributed by atoms with Gasteiger partial charge in [-0.05, 0) is 54.0 Å². The Morgan fingerprint density at radius 3 is 2.71 bits per heavy atom. The van der Waals surface area contributed by atoms with Crippen LogP contribution in [0.4, 0.5) is 0 Å². The summed E-state index contributed by atoms with van der Waals surface area (Å²) in [4.78, 5) is 2.33. The van der Waals surface area contributed by atoms with Crippen LogP contribution in [-0.4, -0.2) is 35.8 Å². The van der Waals surface area contributed by atoms with E-state index in [0.29, 0.717) is 13.2 Å². The van der Waals surface area contributed by atoms with Crippen LogP contribution in [0, 0.1) is 5.92 Å². The maximum absolute atomic E-state index is 10.5. The van der Waals surface area contributed by atoms with Crippen molar-refractivity contribution in [2.45, 2.75) is 57.6 Å². The Kier molecular flexibility index (Phi) is 6.66. The Hall–Kier alpha value is -1.84. The van der Waals surface area contributed by atoms with Gasteiger partial charge in [0.2, 0.25) is 0 Å². The van der Waals surface area contributed by atoms with Crippen molar-refractivity contribution in [3.05, 3.63) is 65.2 Å². The number of β-amino-alcohol motifs (C(OH)–C–C–N with tert-alkyl or cyclic N) is 1. The first kappa shape index (κ1) is 19.5. The second kappa shape index (κ2) is 9.58. The summed E-state index contributed by atoms with van der Waals surface area (Å²) in [6, 6.07) is 17.0. The van der Waals surface area contributed by atoms with Crippen molar-refractivity contribution < 1.29 is 9.84 Å².